The number of piperidine rings is 1. The summed E-state index contributed by atoms with van der Waals surface area (Å²) in [6.07, 6.45) is 4.42. The standard InChI is InChI=1S/C17H16FN5O2S/c18-14-12-5-9(7-20-12)15(14)25-17-22-21-16(26-17)11-2-1-10(6-13(11)24)23-4-3-19-8-23/h1-4,6,8-9,12,14-15,20,24H,5,7H2/t9-,12-,14-,15-/m1/s1. The molecule has 0 amide bonds. The largest absolute Gasteiger partial charge is 0.507 e. The highest BCUT2D eigenvalue weighted by Crippen LogP contribution is 2.39. The lowest BCUT2D eigenvalue weighted by Gasteiger charge is -2.25. The molecule has 3 heterocycles. The van der Waals surface area contributed by atoms with Gasteiger partial charge in [0.05, 0.1) is 17.6 Å². The predicted octanol–water partition coefficient (Wildman–Crippen LogP) is 2.17. The predicted molar refractivity (Wildman–Crippen MR) is 93.3 cm³/mol. The van der Waals surface area contributed by atoms with E-state index in [9.17, 15) is 9.50 Å². The first-order chi connectivity index (χ1) is 12.7. The van der Waals surface area contributed by atoms with Crippen molar-refractivity contribution in [3.8, 4) is 27.2 Å². The van der Waals surface area contributed by atoms with Gasteiger partial charge in [0.15, 0.2) is 11.2 Å². The highest BCUT2D eigenvalue weighted by molar-refractivity contribution is 7.16. The molecule has 134 valence electrons. The van der Waals surface area contributed by atoms with Gasteiger partial charge in [-0.05, 0) is 18.6 Å². The van der Waals surface area contributed by atoms with Crippen LogP contribution in [-0.4, -0.2) is 49.7 Å². The Kier molecular flexibility index (Phi) is 3.64. The SMILES string of the molecule is Oc1cc(-n2ccnc2)ccc1-c1nnc(O[C@@H]2[C@H]3CN[C@H](C3)[C@H]2F)s1. The topological polar surface area (TPSA) is 85.1 Å². The van der Waals surface area contributed by atoms with Gasteiger partial charge in [0.1, 0.15) is 11.9 Å². The number of alkyl halides is 1. The van der Waals surface area contributed by atoms with Crippen LogP contribution in [0.3, 0.4) is 0 Å². The van der Waals surface area contributed by atoms with Crippen LogP contribution in [0.2, 0.25) is 0 Å². The summed E-state index contributed by atoms with van der Waals surface area (Å²) in [5, 5.41) is 22.5. The van der Waals surface area contributed by atoms with Gasteiger partial charge in [0.2, 0.25) is 0 Å². The average molecular weight is 373 g/mol. The fourth-order valence-electron chi connectivity index (χ4n) is 3.69. The molecular weight excluding hydrogens is 357 g/mol. The number of nitrogens with zero attached hydrogens (tertiary/aromatic N) is 4. The smallest absolute Gasteiger partial charge is 0.294 e. The highest BCUT2D eigenvalue weighted by atomic mass is 32.1. The first kappa shape index (κ1) is 15.7. The lowest BCUT2D eigenvalue weighted by Crippen LogP contribution is -2.45. The number of rotatable bonds is 4. The number of imidazole rings is 1. The van der Waals surface area contributed by atoms with Crippen molar-refractivity contribution in [2.45, 2.75) is 24.7 Å². The Morgan fingerprint density at radius 1 is 1.35 bits per heavy atom. The minimum Gasteiger partial charge on any atom is -0.507 e. The molecule has 0 radical (unpaired) electrons. The minimum atomic E-state index is -1.02. The van der Waals surface area contributed by atoms with E-state index in [-0.39, 0.29) is 17.7 Å². The van der Waals surface area contributed by atoms with Crippen molar-refractivity contribution in [3.63, 3.8) is 0 Å². The second-order valence-electron chi connectivity index (χ2n) is 6.58. The lowest BCUT2D eigenvalue weighted by molar-refractivity contribution is 0.0652. The fraction of sp³-hybridized carbons (Fsp3) is 0.353. The van der Waals surface area contributed by atoms with Crippen molar-refractivity contribution in [1.82, 2.24) is 25.1 Å². The number of halogens is 1. The van der Waals surface area contributed by atoms with Crippen LogP contribution in [0, 0.1) is 5.92 Å². The number of fused-ring (bicyclic) bond motifs is 2. The van der Waals surface area contributed by atoms with Crippen molar-refractivity contribution >= 4 is 11.3 Å². The van der Waals surface area contributed by atoms with Gasteiger partial charge in [-0.3, -0.25) is 0 Å². The number of phenols is 1. The molecule has 0 spiro atoms. The van der Waals surface area contributed by atoms with Gasteiger partial charge >= 0.3 is 0 Å². The first-order valence-corrected chi connectivity index (χ1v) is 9.20. The molecule has 2 aliphatic rings. The molecule has 1 aromatic carbocycles. The van der Waals surface area contributed by atoms with E-state index < -0.39 is 12.3 Å². The number of phenolic OH excluding ortho intramolecular Hbond substituents is 1. The normalized spacial score (nSPS) is 27.1. The van der Waals surface area contributed by atoms with E-state index in [1.165, 1.54) is 11.3 Å². The summed E-state index contributed by atoms with van der Waals surface area (Å²) in [7, 11) is 0. The first-order valence-electron chi connectivity index (χ1n) is 8.38. The summed E-state index contributed by atoms with van der Waals surface area (Å²) >= 11 is 1.21. The number of aromatic nitrogens is 4. The van der Waals surface area contributed by atoms with E-state index in [0.717, 1.165) is 18.7 Å². The molecule has 2 fully saturated rings. The lowest BCUT2D eigenvalue weighted by atomic mass is 10.1. The quantitative estimate of drug-likeness (QED) is 0.729. The number of hydrogen-bond donors (Lipinski definition) is 2. The van der Waals surface area contributed by atoms with E-state index in [1.807, 2.05) is 6.07 Å². The summed E-state index contributed by atoms with van der Waals surface area (Å²) < 4.78 is 21.8. The Hall–Kier alpha value is -2.52. The average Bonchev–Trinajstić information content (AvgIpc) is 3.42. The van der Waals surface area contributed by atoms with Gasteiger partial charge in [-0.25, -0.2) is 9.37 Å². The summed E-state index contributed by atoms with van der Waals surface area (Å²) in [6.45, 7) is 0.776. The Morgan fingerprint density at radius 3 is 3.00 bits per heavy atom. The molecule has 7 nitrogen and oxygen atoms in total. The minimum absolute atomic E-state index is 0.0893. The van der Waals surface area contributed by atoms with Gasteiger partial charge in [-0.2, -0.15) is 0 Å². The maximum atomic E-state index is 14.3. The molecule has 2 N–H and O–H groups in total. The molecule has 0 unspecified atom stereocenters. The van der Waals surface area contributed by atoms with Crippen LogP contribution in [0.25, 0.3) is 16.3 Å². The number of nitrogens with one attached hydrogen (secondary N) is 1. The van der Waals surface area contributed by atoms with Gasteiger partial charge in [0.25, 0.3) is 5.19 Å². The molecule has 5 rings (SSSR count). The van der Waals surface area contributed by atoms with Crippen LogP contribution in [0.4, 0.5) is 4.39 Å². The van der Waals surface area contributed by atoms with E-state index in [2.05, 4.69) is 20.5 Å². The van der Waals surface area contributed by atoms with E-state index in [4.69, 9.17) is 4.74 Å². The molecule has 26 heavy (non-hydrogen) atoms. The summed E-state index contributed by atoms with van der Waals surface area (Å²) in [5.41, 5.74) is 1.35. The van der Waals surface area contributed by atoms with Crippen LogP contribution in [-0.2, 0) is 0 Å². The highest BCUT2D eigenvalue weighted by Gasteiger charge is 2.50. The van der Waals surface area contributed by atoms with Crippen LogP contribution in [0.1, 0.15) is 6.42 Å². The van der Waals surface area contributed by atoms with Gasteiger partial charge < -0.3 is 19.7 Å². The molecule has 1 aliphatic heterocycles. The van der Waals surface area contributed by atoms with Crippen LogP contribution < -0.4 is 10.1 Å². The van der Waals surface area contributed by atoms with Gasteiger partial charge in [-0.1, -0.05) is 16.4 Å². The molecule has 4 atom stereocenters. The number of ether oxygens (including phenoxy) is 1. The van der Waals surface area contributed by atoms with Crippen LogP contribution in [0.5, 0.6) is 10.9 Å². The zero-order valence-electron chi connectivity index (χ0n) is 13.6. The van der Waals surface area contributed by atoms with E-state index >= 15 is 0 Å². The van der Waals surface area contributed by atoms with Gasteiger partial charge in [0, 0.05) is 37.0 Å². The maximum Gasteiger partial charge on any atom is 0.294 e. The molecule has 2 aromatic heterocycles. The molecule has 2 bridgehead atoms. The van der Waals surface area contributed by atoms with Crippen LogP contribution >= 0.6 is 11.3 Å². The molecule has 1 saturated carbocycles. The molecular formula is C17H16FN5O2S. The number of aromatic hydroxyl groups is 1. The zero-order chi connectivity index (χ0) is 17.7. The molecule has 9 heteroatoms. The number of benzene rings is 1. The van der Waals surface area contributed by atoms with Gasteiger partial charge in [-0.15, -0.1) is 5.10 Å². The second kappa shape index (κ2) is 6.03. The van der Waals surface area contributed by atoms with Crippen LogP contribution in [0.15, 0.2) is 36.9 Å². The van der Waals surface area contributed by atoms with Crippen molar-refractivity contribution in [3.05, 3.63) is 36.9 Å². The Labute approximate surface area is 152 Å². The number of hydrogen-bond acceptors (Lipinski definition) is 7. The summed E-state index contributed by atoms with van der Waals surface area (Å²) in [4.78, 5) is 3.99. The Morgan fingerprint density at radius 2 is 2.27 bits per heavy atom. The van der Waals surface area contributed by atoms with Crippen molar-refractivity contribution in [2.24, 2.45) is 5.92 Å². The monoisotopic (exact) mass is 373 g/mol. The van der Waals surface area contributed by atoms with Crippen molar-refractivity contribution in [1.29, 1.82) is 0 Å². The third-order valence-corrected chi connectivity index (χ3v) is 5.87. The summed E-state index contributed by atoms with van der Waals surface area (Å²) in [5.74, 6) is 0.261. The third kappa shape index (κ3) is 2.55. The summed E-state index contributed by atoms with van der Waals surface area (Å²) in [6, 6.07) is 5.15. The van der Waals surface area contributed by atoms with Crippen molar-refractivity contribution in [2.75, 3.05) is 6.54 Å². The fourth-order valence-corrected chi connectivity index (χ4v) is 4.47. The molecule has 1 saturated heterocycles. The molecule has 3 aromatic rings. The van der Waals surface area contributed by atoms with E-state index in [0.29, 0.717) is 15.8 Å². The maximum absolute atomic E-state index is 14.3. The second-order valence-corrected chi connectivity index (χ2v) is 7.52. The Balaban J connectivity index is 1.37. The zero-order valence-corrected chi connectivity index (χ0v) is 14.4. The third-order valence-electron chi connectivity index (χ3n) is 5.02. The molecule has 1 aliphatic carbocycles. The van der Waals surface area contributed by atoms with Crippen molar-refractivity contribution < 1.29 is 14.2 Å². The Bertz CT molecular complexity index is 929. The van der Waals surface area contributed by atoms with E-state index in [1.54, 1.807) is 35.4 Å².